The van der Waals surface area contributed by atoms with E-state index in [0.717, 1.165) is 53.9 Å². The molecule has 1 fully saturated rings. The van der Waals surface area contributed by atoms with Crippen LogP contribution in [0.1, 0.15) is 48.0 Å². The number of hydrogen-bond acceptors (Lipinski definition) is 5. The van der Waals surface area contributed by atoms with Gasteiger partial charge >= 0.3 is 0 Å². The molecule has 0 spiro atoms. The molecule has 0 radical (unpaired) electrons. The number of carbonyl (C=O) groups is 1. The first-order valence-electron chi connectivity index (χ1n) is 11.6. The monoisotopic (exact) mass is 440 g/mol. The van der Waals surface area contributed by atoms with E-state index in [0.29, 0.717) is 23.7 Å². The average molecular weight is 441 g/mol. The summed E-state index contributed by atoms with van der Waals surface area (Å²) in [6.45, 7) is 5.01. The van der Waals surface area contributed by atoms with Gasteiger partial charge in [0.25, 0.3) is 5.91 Å². The van der Waals surface area contributed by atoms with Gasteiger partial charge in [-0.2, -0.15) is 0 Å². The maximum absolute atomic E-state index is 13.9. The predicted octanol–water partition coefficient (Wildman–Crippen LogP) is 5.47. The van der Waals surface area contributed by atoms with Crippen molar-refractivity contribution in [3.8, 4) is 11.4 Å². The van der Waals surface area contributed by atoms with Crippen molar-refractivity contribution >= 4 is 17.0 Å². The van der Waals surface area contributed by atoms with E-state index in [9.17, 15) is 4.79 Å². The van der Waals surface area contributed by atoms with E-state index >= 15 is 0 Å². The fourth-order valence-corrected chi connectivity index (χ4v) is 4.86. The molecule has 6 nitrogen and oxygen atoms in total. The predicted molar refractivity (Wildman–Crippen MR) is 128 cm³/mol. The van der Waals surface area contributed by atoms with Crippen LogP contribution in [0.3, 0.4) is 0 Å². The second-order valence-electron chi connectivity index (χ2n) is 8.92. The van der Waals surface area contributed by atoms with Gasteiger partial charge in [-0.15, -0.1) is 0 Å². The Hall–Kier alpha value is -3.54. The first-order chi connectivity index (χ1) is 16.1. The van der Waals surface area contributed by atoms with E-state index in [1.54, 1.807) is 18.5 Å². The van der Waals surface area contributed by atoms with Gasteiger partial charge < -0.3 is 9.32 Å². The summed E-state index contributed by atoms with van der Waals surface area (Å²) in [6, 6.07) is 15.7. The van der Waals surface area contributed by atoms with Crippen molar-refractivity contribution in [1.82, 2.24) is 19.9 Å². The first-order valence-corrected chi connectivity index (χ1v) is 11.6. The fourth-order valence-electron chi connectivity index (χ4n) is 4.86. The lowest BCUT2D eigenvalue weighted by Gasteiger charge is -2.40. The van der Waals surface area contributed by atoms with Crippen LogP contribution < -0.4 is 0 Å². The number of carbonyl (C=O) groups excluding carboxylic acids is 1. The molecule has 0 aliphatic carbocycles. The molecule has 1 amide bonds. The molecule has 0 saturated carbocycles. The fraction of sp³-hybridized carbons (Fsp3) is 0.333. The Labute approximate surface area is 193 Å². The molecule has 4 aromatic rings. The van der Waals surface area contributed by atoms with Gasteiger partial charge in [0.05, 0.1) is 5.56 Å². The molecule has 1 aliphatic rings. The summed E-state index contributed by atoms with van der Waals surface area (Å²) in [5, 5.41) is 0. The summed E-state index contributed by atoms with van der Waals surface area (Å²) in [7, 11) is 0. The van der Waals surface area contributed by atoms with Crippen LogP contribution in [0.25, 0.3) is 22.5 Å². The molecule has 0 unspecified atom stereocenters. The highest BCUT2D eigenvalue weighted by atomic mass is 16.3. The number of oxazole rings is 1. The summed E-state index contributed by atoms with van der Waals surface area (Å²) >= 11 is 0. The van der Waals surface area contributed by atoms with Gasteiger partial charge in [-0.1, -0.05) is 36.8 Å². The average Bonchev–Trinajstić information content (AvgIpc) is 3.26. The van der Waals surface area contributed by atoms with Gasteiger partial charge in [-0.05, 0) is 56.4 Å². The minimum Gasteiger partial charge on any atom is -0.441 e. The van der Waals surface area contributed by atoms with Crippen LogP contribution >= 0.6 is 0 Å². The second kappa shape index (κ2) is 9.14. The summed E-state index contributed by atoms with van der Waals surface area (Å²) in [4.78, 5) is 29.4. The van der Waals surface area contributed by atoms with Crippen LogP contribution in [0.5, 0.6) is 0 Å². The highest BCUT2D eigenvalue weighted by Crippen LogP contribution is 2.31. The molecule has 5 rings (SSSR count). The Kier molecular flexibility index (Phi) is 5.90. The number of nitrogens with zero attached hydrogens (tertiary/aromatic N) is 4. The summed E-state index contributed by atoms with van der Waals surface area (Å²) in [6.07, 6.45) is 7.07. The Bertz CT molecular complexity index is 1230. The van der Waals surface area contributed by atoms with Gasteiger partial charge in [0.2, 0.25) is 0 Å². The van der Waals surface area contributed by atoms with E-state index in [4.69, 9.17) is 4.42 Å². The van der Waals surface area contributed by atoms with Gasteiger partial charge in [-0.3, -0.25) is 4.79 Å². The number of rotatable bonds is 5. The van der Waals surface area contributed by atoms with Crippen molar-refractivity contribution in [2.45, 2.75) is 45.6 Å². The molecule has 168 valence electrons. The molecule has 0 bridgehead atoms. The van der Waals surface area contributed by atoms with Crippen LogP contribution in [0.15, 0.2) is 65.3 Å². The molecule has 1 aliphatic heterocycles. The Morgan fingerprint density at radius 3 is 2.76 bits per heavy atom. The maximum Gasteiger partial charge on any atom is 0.254 e. The maximum atomic E-state index is 13.9. The van der Waals surface area contributed by atoms with Gasteiger partial charge in [0.15, 0.2) is 17.3 Å². The molecular weight excluding hydrogens is 412 g/mol. The third kappa shape index (κ3) is 4.38. The van der Waals surface area contributed by atoms with E-state index in [-0.39, 0.29) is 11.9 Å². The van der Waals surface area contributed by atoms with Gasteiger partial charge in [-0.25, -0.2) is 15.0 Å². The SMILES string of the molecule is Cc1ccc(-c2ncccn2)c(C(=O)N2CCC[C@@H](C)[C@H]2CCc2nc3ccccc3o2)c1. The number of piperidine rings is 1. The molecule has 3 heterocycles. The van der Waals surface area contributed by atoms with Crippen molar-refractivity contribution in [1.29, 1.82) is 0 Å². The van der Waals surface area contributed by atoms with E-state index in [1.165, 1.54) is 0 Å². The van der Waals surface area contributed by atoms with Crippen molar-refractivity contribution in [2.24, 2.45) is 5.92 Å². The smallest absolute Gasteiger partial charge is 0.254 e. The number of likely N-dealkylation sites (tertiary alicyclic amines) is 1. The molecular formula is C27H28N4O2. The normalized spacial score (nSPS) is 18.5. The van der Waals surface area contributed by atoms with E-state index < -0.39 is 0 Å². The van der Waals surface area contributed by atoms with Crippen LogP contribution in [0.4, 0.5) is 0 Å². The lowest BCUT2D eigenvalue weighted by Crippen LogP contribution is -2.48. The number of aromatic nitrogens is 3. The quantitative estimate of drug-likeness (QED) is 0.412. The number of para-hydroxylation sites is 2. The molecule has 33 heavy (non-hydrogen) atoms. The highest BCUT2D eigenvalue weighted by molar-refractivity contribution is 6.00. The summed E-state index contributed by atoms with van der Waals surface area (Å²) in [5.74, 6) is 1.77. The van der Waals surface area contributed by atoms with Gasteiger partial charge in [0.1, 0.15) is 5.52 Å². The zero-order valence-corrected chi connectivity index (χ0v) is 19.1. The standard InChI is InChI=1S/C27H28N4O2/c1-18-10-11-20(26-28-14-6-15-29-26)21(17-18)27(32)31-16-5-7-19(2)23(31)12-13-25-30-22-8-3-4-9-24(22)33-25/h3-4,6,8-11,14-15,17,19,23H,5,7,12-13,16H2,1-2H3/t19-,23-/m1/s1. The highest BCUT2D eigenvalue weighted by Gasteiger charge is 2.33. The lowest BCUT2D eigenvalue weighted by atomic mass is 9.87. The van der Waals surface area contributed by atoms with Crippen molar-refractivity contribution in [3.05, 3.63) is 77.9 Å². The molecule has 1 saturated heterocycles. The van der Waals surface area contributed by atoms with Crippen LogP contribution in [0, 0.1) is 12.8 Å². The zero-order valence-electron chi connectivity index (χ0n) is 19.1. The van der Waals surface area contributed by atoms with E-state index in [2.05, 4.69) is 26.8 Å². The Balaban J connectivity index is 1.42. The molecule has 2 aromatic heterocycles. The minimum absolute atomic E-state index is 0.0512. The van der Waals surface area contributed by atoms with Gasteiger partial charge in [0, 0.05) is 37.0 Å². The molecule has 0 N–H and O–H groups in total. The van der Waals surface area contributed by atoms with Crippen LogP contribution in [-0.4, -0.2) is 38.3 Å². The number of fused-ring (bicyclic) bond motifs is 1. The number of aryl methyl sites for hydroxylation is 2. The second-order valence-corrected chi connectivity index (χ2v) is 8.92. The number of hydrogen-bond donors (Lipinski definition) is 0. The number of amides is 1. The van der Waals surface area contributed by atoms with Crippen molar-refractivity contribution in [3.63, 3.8) is 0 Å². The Morgan fingerprint density at radius 1 is 1.12 bits per heavy atom. The molecule has 2 atom stereocenters. The van der Waals surface area contributed by atoms with E-state index in [1.807, 2.05) is 49.4 Å². The number of benzene rings is 2. The van der Waals surface area contributed by atoms with Crippen LogP contribution in [0.2, 0.25) is 0 Å². The largest absolute Gasteiger partial charge is 0.441 e. The van der Waals surface area contributed by atoms with Crippen molar-refractivity contribution in [2.75, 3.05) is 6.54 Å². The van der Waals surface area contributed by atoms with Crippen LogP contribution in [-0.2, 0) is 6.42 Å². The molecule has 2 aromatic carbocycles. The Morgan fingerprint density at radius 2 is 1.94 bits per heavy atom. The lowest BCUT2D eigenvalue weighted by molar-refractivity contribution is 0.0496. The third-order valence-corrected chi connectivity index (χ3v) is 6.58. The zero-order chi connectivity index (χ0) is 22.8. The van der Waals surface area contributed by atoms with Crippen molar-refractivity contribution < 1.29 is 9.21 Å². The summed E-state index contributed by atoms with van der Waals surface area (Å²) in [5.41, 5.74) is 4.18. The third-order valence-electron chi connectivity index (χ3n) is 6.58. The summed E-state index contributed by atoms with van der Waals surface area (Å²) < 4.78 is 5.94. The molecule has 6 heteroatoms. The topological polar surface area (TPSA) is 72.1 Å². The minimum atomic E-state index is 0.0512. The first kappa shape index (κ1) is 21.3.